The average molecular weight is 296 g/mol. The fraction of sp³-hybridized carbons (Fsp3) is 0.118. The SMILES string of the molecule is NC(=O)N(O)CCc1cccc2c(-c3ccccc3)coc12. The Morgan fingerprint density at radius 1 is 1.14 bits per heavy atom. The van der Waals surface area contributed by atoms with Crippen LogP contribution >= 0.6 is 0 Å². The van der Waals surface area contributed by atoms with E-state index in [9.17, 15) is 10.0 Å². The first-order valence-corrected chi connectivity index (χ1v) is 6.97. The van der Waals surface area contributed by atoms with Crippen molar-refractivity contribution in [3.63, 3.8) is 0 Å². The van der Waals surface area contributed by atoms with Gasteiger partial charge in [-0.05, 0) is 17.5 Å². The normalized spacial score (nSPS) is 10.8. The van der Waals surface area contributed by atoms with E-state index in [4.69, 9.17) is 10.2 Å². The Bertz CT molecular complexity index is 796. The molecule has 0 aliphatic carbocycles. The highest BCUT2D eigenvalue weighted by atomic mass is 16.5. The summed E-state index contributed by atoms with van der Waals surface area (Å²) < 4.78 is 5.71. The Labute approximate surface area is 127 Å². The molecule has 112 valence electrons. The van der Waals surface area contributed by atoms with E-state index in [2.05, 4.69) is 0 Å². The average Bonchev–Trinajstić information content (AvgIpc) is 2.97. The summed E-state index contributed by atoms with van der Waals surface area (Å²) >= 11 is 0. The van der Waals surface area contributed by atoms with Crippen molar-refractivity contribution in [1.82, 2.24) is 5.06 Å². The molecule has 3 N–H and O–H groups in total. The molecular formula is C17H16N2O3. The Morgan fingerprint density at radius 3 is 2.64 bits per heavy atom. The van der Waals surface area contributed by atoms with Crippen molar-refractivity contribution in [3.8, 4) is 11.1 Å². The number of para-hydroxylation sites is 1. The van der Waals surface area contributed by atoms with Crippen LogP contribution in [0.15, 0.2) is 59.2 Å². The van der Waals surface area contributed by atoms with E-state index < -0.39 is 6.03 Å². The predicted octanol–water partition coefficient (Wildman–Crippen LogP) is 3.41. The second-order valence-corrected chi connectivity index (χ2v) is 5.02. The van der Waals surface area contributed by atoms with Gasteiger partial charge in [0.1, 0.15) is 5.58 Å². The molecule has 0 spiro atoms. The first kappa shape index (κ1) is 14.2. The Hall–Kier alpha value is -2.79. The van der Waals surface area contributed by atoms with Crippen LogP contribution in [0.2, 0.25) is 0 Å². The number of nitrogens with zero attached hydrogens (tertiary/aromatic N) is 1. The number of hydrogen-bond acceptors (Lipinski definition) is 3. The number of urea groups is 1. The number of carbonyl (C=O) groups excluding carboxylic acids is 1. The number of hydrogen-bond donors (Lipinski definition) is 2. The molecule has 1 heterocycles. The zero-order valence-electron chi connectivity index (χ0n) is 11.9. The highest BCUT2D eigenvalue weighted by Gasteiger charge is 2.13. The molecule has 3 rings (SSSR count). The highest BCUT2D eigenvalue weighted by Crippen LogP contribution is 2.32. The van der Waals surface area contributed by atoms with Gasteiger partial charge in [-0.1, -0.05) is 48.5 Å². The zero-order valence-corrected chi connectivity index (χ0v) is 11.9. The number of amides is 2. The standard InChI is InChI=1S/C17H16N2O3/c18-17(20)19(21)10-9-13-7-4-8-14-15(11-22-16(13)14)12-5-2-1-3-6-12/h1-8,11,21H,9-10H2,(H2,18,20). The quantitative estimate of drug-likeness (QED) is 0.572. The van der Waals surface area contributed by atoms with Crippen LogP contribution in [0.25, 0.3) is 22.1 Å². The van der Waals surface area contributed by atoms with Crippen LogP contribution in [0.4, 0.5) is 4.79 Å². The molecule has 22 heavy (non-hydrogen) atoms. The van der Waals surface area contributed by atoms with Gasteiger partial charge in [-0.3, -0.25) is 5.21 Å². The monoisotopic (exact) mass is 296 g/mol. The summed E-state index contributed by atoms with van der Waals surface area (Å²) in [6.07, 6.45) is 2.19. The van der Waals surface area contributed by atoms with Crippen LogP contribution in [0.3, 0.4) is 0 Å². The third-order valence-electron chi connectivity index (χ3n) is 3.61. The molecule has 2 aromatic carbocycles. The molecule has 0 aliphatic heterocycles. The van der Waals surface area contributed by atoms with Crippen LogP contribution in [-0.4, -0.2) is 22.8 Å². The van der Waals surface area contributed by atoms with Gasteiger partial charge in [0.25, 0.3) is 0 Å². The minimum Gasteiger partial charge on any atom is -0.463 e. The van der Waals surface area contributed by atoms with Gasteiger partial charge < -0.3 is 10.2 Å². The lowest BCUT2D eigenvalue weighted by molar-refractivity contribution is -0.0381. The Balaban J connectivity index is 1.94. The van der Waals surface area contributed by atoms with Crippen molar-refractivity contribution in [1.29, 1.82) is 0 Å². The molecule has 0 fully saturated rings. The van der Waals surface area contributed by atoms with Gasteiger partial charge in [0.2, 0.25) is 0 Å². The van der Waals surface area contributed by atoms with Gasteiger partial charge in [0.15, 0.2) is 0 Å². The first-order valence-electron chi connectivity index (χ1n) is 6.97. The fourth-order valence-corrected chi connectivity index (χ4v) is 2.49. The molecule has 0 bridgehead atoms. The molecular weight excluding hydrogens is 280 g/mol. The minimum absolute atomic E-state index is 0.121. The van der Waals surface area contributed by atoms with Crippen molar-refractivity contribution >= 4 is 17.0 Å². The van der Waals surface area contributed by atoms with Gasteiger partial charge >= 0.3 is 6.03 Å². The lowest BCUT2D eigenvalue weighted by Gasteiger charge is -2.11. The van der Waals surface area contributed by atoms with E-state index in [0.717, 1.165) is 27.7 Å². The first-order chi connectivity index (χ1) is 10.7. The molecule has 5 nitrogen and oxygen atoms in total. The Kier molecular flexibility index (Phi) is 3.80. The molecule has 5 heteroatoms. The second kappa shape index (κ2) is 5.91. The van der Waals surface area contributed by atoms with Gasteiger partial charge in [-0.25, -0.2) is 9.86 Å². The maximum Gasteiger partial charge on any atom is 0.338 e. The third-order valence-corrected chi connectivity index (χ3v) is 3.61. The highest BCUT2D eigenvalue weighted by molar-refractivity contribution is 5.95. The largest absolute Gasteiger partial charge is 0.463 e. The molecule has 0 unspecified atom stereocenters. The number of benzene rings is 2. The van der Waals surface area contributed by atoms with E-state index in [1.807, 2.05) is 48.5 Å². The van der Waals surface area contributed by atoms with Crippen molar-refractivity contribution in [2.75, 3.05) is 6.54 Å². The Morgan fingerprint density at radius 2 is 1.91 bits per heavy atom. The van der Waals surface area contributed by atoms with Crippen LogP contribution in [0.5, 0.6) is 0 Å². The van der Waals surface area contributed by atoms with Crippen molar-refractivity contribution in [2.45, 2.75) is 6.42 Å². The van der Waals surface area contributed by atoms with Gasteiger partial charge in [0, 0.05) is 10.9 Å². The lowest BCUT2D eigenvalue weighted by atomic mass is 10.0. The summed E-state index contributed by atoms with van der Waals surface area (Å²) in [5.74, 6) is 0. The maximum absolute atomic E-state index is 10.8. The van der Waals surface area contributed by atoms with Crippen LogP contribution < -0.4 is 5.73 Å². The second-order valence-electron chi connectivity index (χ2n) is 5.02. The summed E-state index contributed by atoms with van der Waals surface area (Å²) in [4.78, 5) is 10.8. The van der Waals surface area contributed by atoms with E-state index >= 15 is 0 Å². The number of nitrogens with two attached hydrogens (primary N) is 1. The number of furan rings is 1. The predicted molar refractivity (Wildman–Crippen MR) is 83.4 cm³/mol. The van der Waals surface area contributed by atoms with E-state index in [1.165, 1.54) is 0 Å². The smallest absolute Gasteiger partial charge is 0.338 e. The van der Waals surface area contributed by atoms with Crippen LogP contribution in [0, 0.1) is 0 Å². The van der Waals surface area contributed by atoms with E-state index in [1.54, 1.807) is 6.26 Å². The van der Waals surface area contributed by atoms with Crippen molar-refractivity contribution < 1.29 is 14.4 Å². The molecule has 0 aliphatic rings. The van der Waals surface area contributed by atoms with E-state index in [0.29, 0.717) is 11.5 Å². The van der Waals surface area contributed by atoms with Gasteiger partial charge in [-0.15, -0.1) is 0 Å². The third kappa shape index (κ3) is 2.66. The van der Waals surface area contributed by atoms with Crippen molar-refractivity contribution in [3.05, 3.63) is 60.4 Å². The number of fused-ring (bicyclic) bond motifs is 1. The molecule has 1 aromatic heterocycles. The van der Waals surface area contributed by atoms with Gasteiger partial charge in [0.05, 0.1) is 12.8 Å². The summed E-state index contributed by atoms with van der Waals surface area (Å²) in [6.45, 7) is 0.121. The minimum atomic E-state index is -0.864. The zero-order chi connectivity index (χ0) is 15.5. The summed E-state index contributed by atoms with van der Waals surface area (Å²) in [5, 5.41) is 10.9. The van der Waals surface area contributed by atoms with Crippen LogP contribution in [-0.2, 0) is 6.42 Å². The molecule has 0 radical (unpaired) electrons. The summed E-state index contributed by atoms with van der Waals surface area (Å²) in [6, 6.07) is 15.0. The topological polar surface area (TPSA) is 79.7 Å². The van der Waals surface area contributed by atoms with Gasteiger partial charge in [-0.2, -0.15) is 0 Å². The van der Waals surface area contributed by atoms with Crippen molar-refractivity contribution in [2.24, 2.45) is 5.73 Å². The fourth-order valence-electron chi connectivity index (χ4n) is 2.49. The van der Waals surface area contributed by atoms with Crippen LogP contribution in [0.1, 0.15) is 5.56 Å². The number of hydroxylamine groups is 2. The molecule has 0 saturated heterocycles. The number of primary amides is 1. The molecule has 0 saturated carbocycles. The number of carbonyl (C=O) groups is 1. The summed E-state index contributed by atoms with van der Waals surface area (Å²) in [5.41, 5.74) is 8.79. The molecule has 3 aromatic rings. The summed E-state index contributed by atoms with van der Waals surface area (Å²) in [7, 11) is 0. The molecule has 0 atom stereocenters. The maximum atomic E-state index is 10.8. The lowest BCUT2D eigenvalue weighted by Crippen LogP contribution is -2.34. The molecule has 2 amide bonds. The van der Waals surface area contributed by atoms with E-state index in [-0.39, 0.29) is 6.54 Å². The number of rotatable bonds is 4.